The van der Waals surface area contributed by atoms with Crippen LogP contribution in [0.25, 0.3) is 27.8 Å². The van der Waals surface area contributed by atoms with Gasteiger partial charge in [-0.3, -0.25) is 4.79 Å². The van der Waals surface area contributed by atoms with Crippen LogP contribution in [0, 0.1) is 19.7 Å². The summed E-state index contributed by atoms with van der Waals surface area (Å²) in [4.78, 5) is 18.2. The molecule has 7 heteroatoms. The van der Waals surface area contributed by atoms with Crippen LogP contribution in [0.5, 0.6) is 5.75 Å². The van der Waals surface area contributed by atoms with Crippen molar-refractivity contribution >= 4 is 22.5 Å². The predicted octanol–water partition coefficient (Wildman–Crippen LogP) is 6.10. The smallest absolute Gasteiger partial charge is 0.256 e. The first-order valence-corrected chi connectivity index (χ1v) is 11.1. The molecule has 5 rings (SSSR count). The van der Waals surface area contributed by atoms with Crippen LogP contribution >= 0.6 is 0 Å². The lowest BCUT2D eigenvalue weighted by atomic mass is 10.0. The van der Waals surface area contributed by atoms with E-state index < -0.39 is 0 Å². The summed E-state index contributed by atoms with van der Waals surface area (Å²) in [7, 11) is 1.63. The summed E-state index contributed by atoms with van der Waals surface area (Å²) in [5.74, 6) is 0.109. The second-order valence-corrected chi connectivity index (χ2v) is 8.29. The van der Waals surface area contributed by atoms with E-state index in [0.717, 1.165) is 33.6 Å². The summed E-state index contributed by atoms with van der Waals surface area (Å²) in [5.41, 5.74) is 5.95. The number of hydrogen-bond acceptors (Lipinski definition) is 4. The Bertz CT molecular complexity index is 1540. The highest BCUT2D eigenvalue weighted by Crippen LogP contribution is 2.29. The molecule has 174 valence electrons. The Kier molecular flexibility index (Phi) is 5.74. The van der Waals surface area contributed by atoms with Gasteiger partial charge in [0, 0.05) is 16.6 Å². The molecular weight excluding hydrogens is 443 g/mol. The molecule has 5 aromatic rings. The summed E-state index contributed by atoms with van der Waals surface area (Å²) in [5, 5.41) is 8.17. The Labute approximate surface area is 202 Å². The van der Waals surface area contributed by atoms with E-state index in [4.69, 9.17) is 9.72 Å². The summed E-state index contributed by atoms with van der Waals surface area (Å²) < 4.78 is 20.4. The Hall–Kier alpha value is -4.52. The van der Waals surface area contributed by atoms with Crippen LogP contribution in [0.15, 0.2) is 79.0 Å². The normalized spacial score (nSPS) is 11.0. The van der Waals surface area contributed by atoms with Crippen LogP contribution < -0.4 is 10.1 Å². The molecule has 1 amide bonds. The number of amides is 1. The minimum atomic E-state index is -0.361. The molecule has 0 spiro atoms. The zero-order valence-corrected chi connectivity index (χ0v) is 19.5. The van der Waals surface area contributed by atoms with Gasteiger partial charge in [0.15, 0.2) is 0 Å². The number of aromatic nitrogens is 3. The van der Waals surface area contributed by atoms with E-state index in [0.29, 0.717) is 22.5 Å². The number of aryl methyl sites for hydroxylation is 1. The average Bonchev–Trinajstić information content (AvgIpc) is 3.26. The van der Waals surface area contributed by atoms with Crippen LogP contribution in [0.4, 0.5) is 10.1 Å². The molecule has 3 aromatic carbocycles. The zero-order chi connectivity index (χ0) is 24.5. The highest BCUT2D eigenvalue weighted by atomic mass is 19.1. The van der Waals surface area contributed by atoms with Gasteiger partial charge in [-0.1, -0.05) is 11.6 Å². The van der Waals surface area contributed by atoms with Crippen molar-refractivity contribution in [1.29, 1.82) is 0 Å². The second-order valence-electron chi connectivity index (χ2n) is 8.29. The number of carbonyl (C=O) groups is 1. The van der Waals surface area contributed by atoms with Crippen molar-refractivity contribution in [3.8, 4) is 22.7 Å². The van der Waals surface area contributed by atoms with Crippen molar-refractivity contribution in [2.24, 2.45) is 0 Å². The van der Waals surface area contributed by atoms with Gasteiger partial charge in [-0.05, 0) is 80.6 Å². The number of carbonyl (C=O) groups excluding carboxylic acids is 1. The molecule has 0 saturated carbocycles. The van der Waals surface area contributed by atoms with Gasteiger partial charge in [-0.15, -0.1) is 0 Å². The Morgan fingerprint density at radius 3 is 2.43 bits per heavy atom. The molecule has 1 N–H and O–H groups in total. The number of nitrogens with one attached hydrogen (secondary N) is 1. The molecule has 0 aliphatic rings. The average molecular weight is 467 g/mol. The maximum atomic E-state index is 13.3. The first kappa shape index (κ1) is 22.3. The fraction of sp³-hybridized carbons (Fsp3) is 0.107. The molecule has 0 saturated heterocycles. The number of methoxy groups -OCH3 is 1. The van der Waals surface area contributed by atoms with Crippen molar-refractivity contribution in [3.05, 3.63) is 102 Å². The van der Waals surface area contributed by atoms with Crippen LogP contribution in [0.3, 0.4) is 0 Å². The fourth-order valence-electron chi connectivity index (χ4n) is 4.04. The fourth-order valence-corrected chi connectivity index (χ4v) is 4.04. The molecule has 0 fully saturated rings. The number of pyridine rings is 1. The Balaban J connectivity index is 1.58. The van der Waals surface area contributed by atoms with Crippen LogP contribution in [-0.2, 0) is 0 Å². The lowest BCUT2D eigenvalue weighted by Gasteiger charge is -2.12. The number of halogens is 1. The van der Waals surface area contributed by atoms with Crippen molar-refractivity contribution in [2.75, 3.05) is 12.4 Å². The van der Waals surface area contributed by atoms with Crippen LogP contribution in [0.2, 0.25) is 0 Å². The third kappa shape index (κ3) is 4.36. The number of benzene rings is 3. The van der Waals surface area contributed by atoms with Crippen molar-refractivity contribution in [2.45, 2.75) is 13.8 Å². The molecule has 0 radical (unpaired) electrons. The molecule has 2 heterocycles. The maximum Gasteiger partial charge on any atom is 0.256 e. The highest BCUT2D eigenvalue weighted by molar-refractivity contribution is 6.13. The Morgan fingerprint density at radius 2 is 1.71 bits per heavy atom. The van der Waals surface area contributed by atoms with Gasteiger partial charge in [-0.2, -0.15) is 5.10 Å². The monoisotopic (exact) mass is 466 g/mol. The molecule has 0 unspecified atom stereocenters. The van der Waals surface area contributed by atoms with Crippen LogP contribution in [0.1, 0.15) is 21.6 Å². The van der Waals surface area contributed by atoms with Gasteiger partial charge in [0.05, 0.1) is 41.5 Å². The summed E-state index contributed by atoms with van der Waals surface area (Å²) in [6.45, 7) is 3.93. The molecule has 2 aromatic heterocycles. The number of ether oxygens (including phenoxy) is 1. The first-order chi connectivity index (χ1) is 16.9. The van der Waals surface area contributed by atoms with Gasteiger partial charge in [-0.25, -0.2) is 14.1 Å². The van der Waals surface area contributed by atoms with Crippen molar-refractivity contribution in [3.63, 3.8) is 0 Å². The topological polar surface area (TPSA) is 69.0 Å². The van der Waals surface area contributed by atoms with E-state index >= 15 is 0 Å². The first-order valence-electron chi connectivity index (χ1n) is 11.1. The number of hydrogen-bond donors (Lipinski definition) is 1. The lowest BCUT2D eigenvalue weighted by Crippen LogP contribution is -2.13. The number of anilines is 1. The van der Waals surface area contributed by atoms with E-state index in [2.05, 4.69) is 10.4 Å². The van der Waals surface area contributed by atoms with Gasteiger partial charge in [0.1, 0.15) is 11.6 Å². The summed E-state index contributed by atoms with van der Waals surface area (Å²) in [6.07, 6.45) is 1.75. The van der Waals surface area contributed by atoms with E-state index in [9.17, 15) is 9.18 Å². The minimum absolute atomic E-state index is 0.295. The molecule has 35 heavy (non-hydrogen) atoms. The quantitative estimate of drug-likeness (QED) is 0.340. The number of fused-ring (bicyclic) bond motifs is 1. The molecule has 0 bridgehead atoms. The predicted molar refractivity (Wildman–Crippen MR) is 135 cm³/mol. The SMILES string of the molecule is COc1ccc(-n2ncc(-c3cc(C(=O)Nc4ccc(F)cc4)c4cc(C)ccc4n3)c2C)cc1. The van der Waals surface area contributed by atoms with E-state index in [1.165, 1.54) is 24.3 Å². The third-order valence-corrected chi connectivity index (χ3v) is 5.91. The van der Waals surface area contributed by atoms with Crippen LogP contribution in [-0.4, -0.2) is 27.8 Å². The van der Waals surface area contributed by atoms with Gasteiger partial charge < -0.3 is 10.1 Å². The van der Waals surface area contributed by atoms with Gasteiger partial charge >= 0.3 is 0 Å². The van der Waals surface area contributed by atoms with Gasteiger partial charge in [0.25, 0.3) is 5.91 Å². The third-order valence-electron chi connectivity index (χ3n) is 5.91. The molecular formula is C28H23FN4O2. The Morgan fingerprint density at radius 1 is 0.971 bits per heavy atom. The summed E-state index contributed by atoms with van der Waals surface area (Å²) >= 11 is 0. The second kappa shape index (κ2) is 9.02. The number of rotatable bonds is 5. The van der Waals surface area contributed by atoms with Gasteiger partial charge in [0.2, 0.25) is 0 Å². The van der Waals surface area contributed by atoms with Crippen molar-refractivity contribution in [1.82, 2.24) is 14.8 Å². The largest absolute Gasteiger partial charge is 0.497 e. The lowest BCUT2D eigenvalue weighted by molar-refractivity contribution is 0.102. The van der Waals surface area contributed by atoms with Crippen molar-refractivity contribution < 1.29 is 13.9 Å². The van der Waals surface area contributed by atoms with E-state index in [1.807, 2.05) is 61.0 Å². The molecule has 0 aliphatic carbocycles. The zero-order valence-electron chi connectivity index (χ0n) is 19.5. The maximum absolute atomic E-state index is 13.3. The van der Waals surface area contributed by atoms with E-state index in [-0.39, 0.29) is 11.7 Å². The highest BCUT2D eigenvalue weighted by Gasteiger charge is 2.18. The number of nitrogens with zero attached hydrogens (tertiary/aromatic N) is 3. The summed E-state index contributed by atoms with van der Waals surface area (Å²) in [6, 6.07) is 20.9. The standard InChI is InChI=1S/C28H23FN4O2/c1-17-4-13-26-23(14-17)24(28(34)31-20-7-5-19(29)6-8-20)15-27(32-26)25-16-30-33(18(25)2)21-9-11-22(35-3)12-10-21/h4-16H,1-3H3,(H,31,34). The molecule has 0 aliphatic heterocycles. The minimum Gasteiger partial charge on any atom is -0.497 e. The molecule has 0 atom stereocenters. The molecule has 6 nitrogen and oxygen atoms in total. The van der Waals surface area contributed by atoms with E-state index in [1.54, 1.807) is 19.4 Å².